The number of hydrogen-bond donors (Lipinski definition) is 2. The summed E-state index contributed by atoms with van der Waals surface area (Å²) < 4.78 is 31.7. The Labute approximate surface area is 233 Å². The van der Waals surface area contributed by atoms with E-state index in [1.165, 1.54) is 63.5 Å². The number of unbranched alkanes of at least 4 members (excludes halogenated alkanes) is 11. The van der Waals surface area contributed by atoms with Crippen LogP contribution in [0.4, 0.5) is 0 Å². The SMILES string of the molecule is CCCCCCCC/C=C\CCCCCCCC(OS(=O)(=O)c1ccccc1)[N+](C)(CCO)CCO.[Cl-]. The maximum atomic E-state index is 12.9. The normalized spacial score (nSPS) is 13.1. The summed E-state index contributed by atoms with van der Waals surface area (Å²) in [5, 5.41) is 19.2. The largest absolute Gasteiger partial charge is 1.00 e. The molecule has 0 heterocycles. The van der Waals surface area contributed by atoms with Crippen molar-refractivity contribution < 1.29 is 39.7 Å². The Bertz CT molecular complexity index is 783. The molecule has 0 spiro atoms. The van der Waals surface area contributed by atoms with Crippen LogP contribution < -0.4 is 12.4 Å². The van der Waals surface area contributed by atoms with Crippen LogP contribution in [-0.2, 0) is 14.3 Å². The van der Waals surface area contributed by atoms with Crippen molar-refractivity contribution in [2.45, 2.75) is 108 Å². The van der Waals surface area contributed by atoms with Gasteiger partial charge in [0.1, 0.15) is 13.1 Å². The molecule has 0 aliphatic heterocycles. The number of benzene rings is 1. The summed E-state index contributed by atoms with van der Waals surface area (Å²) in [6, 6.07) is 8.16. The number of likely N-dealkylation sites (N-methyl/N-ethyl adjacent to an activating group) is 1. The molecule has 0 saturated heterocycles. The van der Waals surface area contributed by atoms with Gasteiger partial charge in [0.15, 0.2) is 0 Å². The molecule has 0 aromatic heterocycles. The fourth-order valence-electron chi connectivity index (χ4n) is 4.50. The molecular formula is C29H52ClNO5S. The van der Waals surface area contributed by atoms with Gasteiger partial charge in [-0.3, -0.25) is 4.48 Å². The van der Waals surface area contributed by atoms with Crippen molar-refractivity contribution in [3.8, 4) is 0 Å². The molecule has 2 N–H and O–H groups in total. The Morgan fingerprint density at radius 3 is 1.81 bits per heavy atom. The number of nitrogens with zero attached hydrogens (tertiary/aromatic N) is 1. The molecular weight excluding hydrogens is 510 g/mol. The van der Waals surface area contributed by atoms with Gasteiger partial charge in [-0.15, -0.1) is 0 Å². The molecule has 216 valence electrons. The number of rotatable bonds is 23. The predicted molar refractivity (Wildman–Crippen MR) is 148 cm³/mol. The number of hydrogen-bond acceptors (Lipinski definition) is 5. The first kappa shape index (κ1) is 36.0. The highest BCUT2D eigenvalue weighted by Gasteiger charge is 2.36. The smallest absolute Gasteiger partial charge is 0.301 e. The van der Waals surface area contributed by atoms with Gasteiger partial charge in [-0.2, -0.15) is 8.42 Å². The summed E-state index contributed by atoms with van der Waals surface area (Å²) >= 11 is 0. The second-order valence-electron chi connectivity index (χ2n) is 10.1. The highest BCUT2D eigenvalue weighted by Crippen LogP contribution is 2.24. The van der Waals surface area contributed by atoms with E-state index >= 15 is 0 Å². The minimum absolute atomic E-state index is 0. The lowest BCUT2D eigenvalue weighted by molar-refractivity contribution is -0.951. The van der Waals surface area contributed by atoms with Crippen molar-refractivity contribution in [3.63, 3.8) is 0 Å². The van der Waals surface area contributed by atoms with Crippen LogP contribution in [0.15, 0.2) is 47.4 Å². The van der Waals surface area contributed by atoms with Gasteiger partial charge in [-0.05, 0) is 44.2 Å². The third kappa shape index (κ3) is 15.9. The van der Waals surface area contributed by atoms with Crippen molar-refractivity contribution >= 4 is 10.1 Å². The summed E-state index contributed by atoms with van der Waals surface area (Å²) in [5.74, 6) is 0. The standard InChI is InChI=1S/C29H52NO5S.ClH/c1-3-4-5-6-7-8-9-10-11-12-13-14-15-16-20-23-29(30(2,24-26-31)25-27-32)35-36(33,34)28-21-18-17-19-22-28;/h10-11,17-19,21-22,29,31-32H,3-9,12-16,20,23-27H2,1-2H3;1H/q+1;/p-1/b11-10-;. The summed E-state index contributed by atoms with van der Waals surface area (Å²) in [6.45, 7) is 2.69. The zero-order valence-electron chi connectivity index (χ0n) is 23.2. The van der Waals surface area contributed by atoms with Crippen LogP contribution >= 0.6 is 0 Å². The highest BCUT2D eigenvalue weighted by molar-refractivity contribution is 7.86. The summed E-state index contributed by atoms with van der Waals surface area (Å²) in [7, 11) is -2.09. The second-order valence-corrected chi connectivity index (χ2v) is 11.6. The van der Waals surface area contributed by atoms with Crippen LogP contribution in [0.2, 0.25) is 0 Å². The monoisotopic (exact) mass is 561 g/mol. The van der Waals surface area contributed by atoms with E-state index in [2.05, 4.69) is 19.1 Å². The van der Waals surface area contributed by atoms with Gasteiger partial charge in [0.25, 0.3) is 0 Å². The molecule has 1 rings (SSSR count). The Morgan fingerprint density at radius 1 is 0.811 bits per heavy atom. The molecule has 1 unspecified atom stereocenters. The first-order valence-corrected chi connectivity index (χ1v) is 15.5. The third-order valence-corrected chi connectivity index (χ3v) is 8.22. The van der Waals surface area contributed by atoms with E-state index in [9.17, 15) is 18.6 Å². The number of allylic oxidation sites excluding steroid dienone is 2. The van der Waals surface area contributed by atoms with Crippen molar-refractivity contribution in [2.24, 2.45) is 0 Å². The summed E-state index contributed by atoms with van der Waals surface area (Å²) in [4.78, 5) is 0.124. The van der Waals surface area contributed by atoms with Gasteiger partial charge in [0.2, 0.25) is 6.23 Å². The topological polar surface area (TPSA) is 83.8 Å². The molecule has 8 heteroatoms. The van der Waals surface area contributed by atoms with E-state index in [4.69, 9.17) is 4.18 Å². The van der Waals surface area contributed by atoms with Crippen molar-refractivity contribution in [1.82, 2.24) is 0 Å². The fourth-order valence-corrected chi connectivity index (χ4v) is 5.70. The average Bonchev–Trinajstić information content (AvgIpc) is 2.86. The van der Waals surface area contributed by atoms with Gasteiger partial charge < -0.3 is 22.6 Å². The number of quaternary nitrogens is 1. The van der Waals surface area contributed by atoms with E-state index < -0.39 is 16.3 Å². The Balaban J connectivity index is 0.0000130. The third-order valence-electron chi connectivity index (χ3n) is 6.90. The molecule has 0 bridgehead atoms. The molecule has 0 aliphatic rings. The molecule has 6 nitrogen and oxygen atoms in total. The van der Waals surface area contributed by atoms with Crippen LogP contribution in [0.25, 0.3) is 0 Å². The van der Waals surface area contributed by atoms with Crippen molar-refractivity contribution in [3.05, 3.63) is 42.5 Å². The molecule has 1 aromatic carbocycles. The lowest BCUT2D eigenvalue weighted by atomic mass is 10.1. The summed E-state index contributed by atoms with van der Waals surface area (Å²) in [5.41, 5.74) is 0. The zero-order chi connectivity index (χ0) is 26.5. The highest BCUT2D eigenvalue weighted by atomic mass is 35.5. The van der Waals surface area contributed by atoms with E-state index in [0.29, 0.717) is 19.5 Å². The van der Waals surface area contributed by atoms with Crippen LogP contribution in [0.3, 0.4) is 0 Å². The molecule has 0 saturated carbocycles. The first-order chi connectivity index (χ1) is 17.4. The Morgan fingerprint density at radius 2 is 1.30 bits per heavy atom. The van der Waals surface area contributed by atoms with Crippen LogP contribution in [0, 0.1) is 0 Å². The van der Waals surface area contributed by atoms with Crippen molar-refractivity contribution in [1.29, 1.82) is 0 Å². The minimum atomic E-state index is -3.94. The van der Waals surface area contributed by atoms with Gasteiger partial charge in [-0.1, -0.05) is 88.6 Å². The van der Waals surface area contributed by atoms with E-state index in [0.717, 1.165) is 32.1 Å². The number of aliphatic hydroxyl groups excluding tert-OH is 2. The van der Waals surface area contributed by atoms with Crippen molar-refractivity contribution in [2.75, 3.05) is 33.4 Å². The lowest BCUT2D eigenvalue weighted by Gasteiger charge is -2.39. The molecule has 37 heavy (non-hydrogen) atoms. The molecule has 0 aliphatic carbocycles. The molecule has 1 atom stereocenters. The zero-order valence-corrected chi connectivity index (χ0v) is 24.8. The molecule has 0 radical (unpaired) electrons. The van der Waals surface area contributed by atoms with Gasteiger partial charge in [-0.25, -0.2) is 4.18 Å². The molecule has 1 aromatic rings. The maximum absolute atomic E-state index is 12.9. The first-order valence-electron chi connectivity index (χ1n) is 14.1. The van der Waals surface area contributed by atoms with Crippen LogP contribution in [-0.4, -0.2) is 62.7 Å². The van der Waals surface area contributed by atoms with Gasteiger partial charge >= 0.3 is 10.1 Å². The Kier molecular flexibility index (Phi) is 21.3. The van der Waals surface area contributed by atoms with Crippen LogP contribution in [0.1, 0.15) is 96.8 Å². The maximum Gasteiger partial charge on any atom is 0.301 e. The summed E-state index contributed by atoms with van der Waals surface area (Å²) in [6.07, 6.45) is 20.2. The van der Waals surface area contributed by atoms with Crippen LogP contribution in [0.5, 0.6) is 0 Å². The fraction of sp³-hybridized carbons (Fsp3) is 0.724. The number of halogens is 1. The second kappa shape index (κ2) is 21.9. The number of aliphatic hydroxyl groups is 2. The quantitative estimate of drug-likeness (QED) is 0.0705. The lowest BCUT2D eigenvalue weighted by Crippen LogP contribution is -3.00. The molecule has 0 amide bonds. The van der Waals surface area contributed by atoms with Gasteiger partial charge in [0.05, 0.1) is 25.2 Å². The van der Waals surface area contributed by atoms with E-state index in [1.807, 2.05) is 7.05 Å². The minimum Gasteiger partial charge on any atom is -1.00 e. The van der Waals surface area contributed by atoms with Gasteiger partial charge in [0, 0.05) is 6.42 Å². The Hall–Kier alpha value is -0.960. The van der Waals surface area contributed by atoms with E-state index in [-0.39, 0.29) is 35.0 Å². The molecule has 0 fully saturated rings. The van der Waals surface area contributed by atoms with E-state index in [1.54, 1.807) is 18.2 Å². The average molecular weight is 562 g/mol. The predicted octanol–water partition coefficient (Wildman–Crippen LogP) is 3.19.